The molecule has 1 amide bonds. The Balaban J connectivity index is 1.77. The zero-order valence-corrected chi connectivity index (χ0v) is 13.9. The number of nitrogens with one attached hydrogen (secondary N) is 1. The number of aryl methyl sites for hydroxylation is 1. The van der Waals surface area contributed by atoms with Crippen LogP contribution in [0.25, 0.3) is 0 Å². The minimum Gasteiger partial charge on any atom is -0.497 e. The van der Waals surface area contributed by atoms with Gasteiger partial charge in [-0.15, -0.1) is 0 Å². The highest BCUT2D eigenvalue weighted by Crippen LogP contribution is 2.31. The molecule has 0 spiro atoms. The van der Waals surface area contributed by atoms with Gasteiger partial charge in [0.1, 0.15) is 17.5 Å². The number of hydrogen-bond acceptors (Lipinski definition) is 6. The number of carbonyl (C=O) groups excluding carboxylic acids is 1. The molecule has 2 heterocycles. The molecule has 1 aromatic heterocycles. The minimum absolute atomic E-state index is 0.0190. The van der Waals surface area contributed by atoms with Crippen LogP contribution < -0.4 is 19.7 Å². The summed E-state index contributed by atoms with van der Waals surface area (Å²) in [4.78, 5) is 22.8. The van der Waals surface area contributed by atoms with Gasteiger partial charge < -0.3 is 19.7 Å². The Hall–Kier alpha value is -2.83. The molecule has 1 fully saturated rings. The predicted octanol–water partition coefficient (Wildman–Crippen LogP) is 2.02. The molecule has 7 heteroatoms. The summed E-state index contributed by atoms with van der Waals surface area (Å²) in [6.07, 6.45) is 4.12. The zero-order valence-electron chi connectivity index (χ0n) is 13.9. The van der Waals surface area contributed by atoms with E-state index in [0.29, 0.717) is 30.4 Å². The summed E-state index contributed by atoms with van der Waals surface area (Å²) in [7, 11) is 3.17. The van der Waals surface area contributed by atoms with Crippen LogP contribution in [0.2, 0.25) is 0 Å². The lowest BCUT2D eigenvalue weighted by molar-refractivity contribution is -0.117. The van der Waals surface area contributed by atoms with Gasteiger partial charge in [0.2, 0.25) is 11.9 Å². The Morgan fingerprint density at radius 1 is 1.12 bits per heavy atom. The quantitative estimate of drug-likeness (QED) is 0.905. The van der Waals surface area contributed by atoms with Crippen molar-refractivity contribution in [1.29, 1.82) is 0 Å². The molecule has 1 aliphatic heterocycles. The molecule has 24 heavy (non-hydrogen) atoms. The molecule has 0 radical (unpaired) electrons. The van der Waals surface area contributed by atoms with Crippen molar-refractivity contribution in [3.63, 3.8) is 0 Å². The van der Waals surface area contributed by atoms with Gasteiger partial charge in [0.15, 0.2) is 0 Å². The molecule has 126 valence electrons. The molecular weight excluding hydrogens is 308 g/mol. The molecule has 1 N–H and O–H groups in total. The van der Waals surface area contributed by atoms with Crippen LogP contribution in [-0.4, -0.2) is 42.7 Å². The van der Waals surface area contributed by atoms with E-state index in [9.17, 15) is 4.79 Å². The normalized spacial score (nSPS) is 17.0. The monoisotopic (exact) mass is 328 g/mol. The number of carbonyl (C=O) groups is 1. The summed E-state index contributed by atoms with van der Waals surface area (Å²) < 4.78 is 10.5. The third kappa shape index (κ3) is 3.24. The van der Waals surface area contributed by atoms with Crippen LogP contribution in [-0.2, 0) is 4.79 Å². The summed E-state index contributed by atoms with van der Waals surface area (Å²) in [5, 5.41) is 3.10. The topological polar surface area (TPSA) is 76.6 Å². The predicted molar refractivity (Wildman–Crippen MR) is 90.7 cm³/mol. The maximum absolute atomic E-state index is 12.7. The van der Waals surface area contributed by atoms with Crippen LogP contribution >= 0.6 is 0 Å². The average Bonchev–Trinajstić information content (AvgIpc) is 2.97. The van der Waals surface area contributed by atoms with Gasteiger partial charge in [0.05, 0.1) is 19.9 Å². The van der Waals surface area contributed by atoms with Gasteiger partial charge in [-0.05, 0) is 18.9 Å². The first-order chi connectivity index (χ1) is 11.6. The number of benzene rings is 1. The fraction of sp³-hybridized carbons (Fsp3) is 0.353. The van der Waals surface area contributed by atoms with E-state index in [4.69, 9.17) is 9.47 Å². The summed E-state index contributed by atoms with van der Waals surface area (Å²) in [5.41, 5.74) is 1.73. The van der Waals surface area contributed by atoms with Gasteiger partial charge in [-0.2, -0.15) is 0 Å². The van der Waals surface area contributed by atoms with Gasteiger partial charge in [-0.1, -0.05) is 0 Å². The van der Waals surface area contributed by atoms with Crippen LogP contribution in [0.4, 0.5) is 11.6 Å². The lowest BCUT2D eigenvalue weighted by Gasteiger charge is -2.19. The van der Waals surface area contributed by atoms with Crippen molar-refractivity contribution in [2.24, 2.45) is 0 Å². The van der Waals surface area contributed by atoms with Gasteiger partial charge in [0.25, 0.3) is 0 Å². The van der Waals surface area contributed by atoms with Crippen molar-refractivity contribution in [1.82, 2.24) is 9.97 Å². The lowest BCUT2D eigenvalue weighted by Crippen LogP contribution is -2.33. The maximum Gasteiger partial charge on any atom is 0.249 e. The van der Waals surface area contributed by atoms with Crippen LogP contribution in [0, 0.1) is 6.92 Å². The van der Waals surface area contributed by atoms with E-state index in [0.717, 1.165) is 11.3 Å². The molecule has 0 aliphatic carbocycles. The van der Waals surface area contributed by atoms with E-state index < -0.39 is 0 Å². The first kappa shape index (κ1) is 16.0. The smallest absolute Gasteiger partial charge is 0.249 e. The van der Waals surface area contributed by atoms with Gasteiger partial charge in [-0.25, -0.2) is 9.97 Å². The Bertz CT molecular complexity index is 711. The Kier molecular flexibility index (Phi) is 4.50. The largest absolute Gasteiger partial charge is 0.497 e. The fourth-order valence-electron chi connectivity index (χ4n) is 2.64. The van der Waals surface area contributed by atoms with E-state index in [1.54, 1.807) is 37.6 Å². The number of hydrogen-bond donors (Lipinski definition) is 1. The number of anilines is 2. The molecule has 1 saturated heterocycles. The molecule has 7 nitrogen and oxygen atoms in total. The third-order valence-corrected chi connectivity index (χ3v) is 3.94. The molecule has 2 aromatic rings. The zero-order chi connectivity index (χ0) is 17.1. The van der Waals surface area contributed by atoms with Gasteiger partial charge in [-0.3, -0.25) is 4.79 Å². The average molecular weight is 328 g/mol. The van der Waals surface area contributed by atoms with Crippen molar-refractivity contribution in [2.75, 3.05) is 31.0 Å². The van der Waals surface area contributed by atoms with Gasteiger partial charge >= 0.3 is 0 Å². The molecule has 0 saturated carbocycles. The third-order valence-electron chi connectivity index (χ3n) is 3.94. The first-order valence-electron chi connectivity index (χ1n) is 7.70. The molecule has 0 bridgehead atoms. The summed E-state index contributed by atoms with van der Waals surface area (Å²) in [6.45, 7) is 2.53. The minimum atomic E-state index is -0.343. The van der Waals surface area contributed by atoms with E-state index in [1.165, 1.54) is 0 Å². The number of aromatic nitrogens is 2. The van der Waals surface area contributed by atoms with E-state index in [1.807, 2.05) is 19.1 Å². The second-order valence-electron chi connectivity index (χ2n) is 5.63. The van der Waals surface area contributed by atoms with Crippen molar-refractivity contribution in [2.45, 2.75) is 19.4 Å². The van der Waals surface area contributed by atoms with E-state index >= 15 is 0 Å². The molecular formula is C17H20N4O3. The SMILES string of the molecule is COc1cc(OC)cc(N2CCC(Nc3ncc(C)cn3)C2=O)c1. The van der Waals surface area contributed by atoms with Crippen LogP contribution in [0.3, 0.4) is 0 Å². The standard InChI is InChI=1S/C17H20N4O3/c1-11-9-18-17(19-10-11)20-15-4-5-21(16(15)22)12-6-13(23-2)8-14(7-12)24-3/h6-10,15H,4-5H2,1-3H3,(H,18,19,20). The summed E-state index contributed by atoms with van der Waals surface area (Å²) >= 11 is 0. The molecule has 1 atom stereocenters. The lowest BCUT2D eigenvalue weighted by atomic mass is 10.2. The first-order valence-corrected chi connectivity index (χ1v) is 7.70. The Labute approximate surface area is 140 Å². The van der Waals surface area contributed by atoms with Crippen molar-refractivity contribution < 1.29 is 14.3 Å². The maximum atomic E-state index is 12.7. The van der Waals surface area contributed by atoms with E-state index in [2.05, 4.69) is 15.3 Å². The molecule has 3 rings (SSSR count). The number of ether oxygens (including phenoxy) is 2. The van der Waals surface area contributed by atoms with Crippen LogP contribution in [0.15, 0.2) is 30.6 Å². The highest BCUT2D eigenvalue weighted by Gasteiger charge is 2.33. The highest BCUT2D eigenvalue weighted by molar-refractivity contribution is 6.01. The van der Waals surface area contributed by atoms with Crippen LogP contribution in [0.1, 0.15) is 12.0 Å². The second-order valence-corrected chi connectivity index (χ2v) is 5.63. The van der Waals surface area contributed by atoms with Gasteiger partial charge in [0, 0.05) is 37.1 Å². The van der Waals surface area contributed by atoms with Crippen molar-refractivity contribution >= 4 is 17.5 Å². The van der Waals surface area contributed by atoms with Crippen molar-refractivity contribution in [3.8, 4) is 11.5 Å². The number of methoxy groups -OCH3 is 2. The molecule has 1 unspecified atom stereocenters. The Morgan fingerprint density at radius 2 is 1.75 bits per heavy atom. The molecule has 1 aliphatic rings. The fourth-order valence-corrected chi connectivity index (χ4v) is 2.64. The van der Waals surface area contributed by atoms with Crippen molar-refractivity contribution in [3.05, 3.63) is 36.2 Å². The number of rotatable bonds is 5. The summed E-state index contributed by atoms with van der Waals surface area (Å²) in [6, 6.07) is 5.08. The van der Waals surface area contributed by atoms with E-state index in [-0.39, 0.29) is 11.9 Å². The molecule has 1 aromatic carbocycles. The summed E-state index contributed by atoms with van der Waals surface area (Å²) in [5.74, 6) is 1.74. The number of nitrogens with zero attached hydrogens (tertiary/aromatic N) is 3. The Morgan fingerprint density at radius 3 is 2.33 bits per heavy atom. The number of amides is 1. The highest BCUT2D eigenvalue weighted by atomic mass is 16.5. The second kappa shape index (κ2) is 6.74. The van der Waals surface area contributed by atoms with Crippen LogP contribution in [0.5, 0.6) is 11.5 Å².